The molecule has 1 aromatic rings. The molecule has 1 aromatic carbocycles. The number of nitrogens with one attached hydrogen (secondary N) is 1. The number of hydrogen-bond acceptors (Lipinski definition) is 6. The lowest BCUT2D eigenvalue weighted by molar-refractivity contribution is -0.137. The highest BCUT2D eigenvalue weighted by atomic mass is 19.4. The SMILES string of the molecule is OC[C@@H]1O[C@H](CNC2CCCCC2)[C@H](N2CCN(c3cccc(C(F)(F)F)c3)CC2)[C@@H]1O. The first kappa shape index (κ1) is 23.8. The number of alkyl halides is 3. The summed E-state index contributed by atoms with van der Waals surface area (Å²) >= 11 is 0. The highest BCUT2D eigenvalue weighted by Gasteiger charge is 2.46. The van der Waals surface area contributed by atoms with E-state index in [1.165, 1.54) is 31.4 Å². The van der Waals surface area contributed by atoms with Crippen molar-refractivity contribution in [1.82, 2.24) is 10.2 Å². The van der Waals surface area contributed by atoms with E-state index in [-0.39, 0.29) is 18.8 Å². The van der Waals surface area contributed by atoms with Crippen LogP contribution in [-0.4, -0.2) is 84.8 Å². The quantitative estimate of drug-likeness (QED) is 0.609. The van der Waals surface area contributed by atoms with Gasteiger partial charge in [0.15, 0.2) is 0 Å². The molecule has 1 aliphatic carbocycles. The van der Waals surface area contributed by atoms with Crippen LogP contribution in [0, 0.1) is 0 Å². The molecule has 2 heterocycles. The highest BCUT2D eigenvalue weighted by molar-refractivity contribution is 5.49. The predicted octanol–water partition coefficient (Wildman–Crippen LogP) is 2.24. The van der Waals surface area contributed by atoms with Gasteiger partial charge in [-0.3, -0.25) is 4.90 Å². The van der Waals surface area contributed by atoms with Crippen molar-refractivity contribution < 1.29 is 28.1 Å². The molecule has 0 unspecified atom stereocenters. The summed E-state index contributed by atoms with van der Waals surface area (Å²) in [7, 11) is 0. The second-order valence-corrected chi connectivity index (χ2v) is 9.19. The molecule has 1 saturated carbocycles. The van der Waals surface area contributed by atoms with Crippen LogP contribution in [0.3, 0.4) is 0 Å². The van der Waals surface area contributed by atoms with Gasteiger partial charge in [0.25, 0.3) is 0 Å². The van der Waals surface area contributed by atoms with E-state index in [1.54, 1.807) is 6.07 Å². The standard InChI is InChI=1S/C23H34F3N3O3/c24-23(25,26)16-5-4-8-18(13-16)28-9-11-29(12-10-28)21-19(32-20(15-30)22(21)31)14-27-17-6-2-1-3-7-17/h4-5,8,13,17,19-22,27,30-31H,1-3,6-7,9-12,14-15H2/t19-,20+,21+,22-/m1/s1. The van der Waals surface area contributed by atoms with Gasteiger partial charge in [-0.15, -0.1) is 0 Å². The third-order valence-electron chi connectivity index (χ3n) is 7.13. The summed E-state index contributed by atoms with van der Waals surface area (Å²) in [6, 6.07) is 5.66. The molecular weight excluding hydrogens is 423 g/mol. The molecule has 180 valence electrons. The monoisotopic (exact) mass is 457 g/mol. The molecule has 0 bridgehead atoms. The molecule has 4 atom stereocenters. The van der Waals surface area contributed by atoms with Crippen molar-refractivity contribution in [1.29, 1.82) is 0 Å². The maximum atomic E-state index is 13.1. The van der Waals surface area contributed by atoms with Crippen molar-refractivity contribution in [3.63, 3.8) is 0 Å². The van der Waals surface area contributed by atoms with E-state index in [0.717, 1.165) is 18.9 Å². The molecule has 2 saturated heterocycles. The van der Waals surface area contributed by atoms with Crippen LogP contribution < -0.4 is 10.2 Å². The Bertz CT molecular complexity index is 737. The van der Waals surface area contributed by atoms with Crippen molar-refractivity contribution in [2.24, 2.45) is 0 Å². The van der Waals surface area contributed by atoms with Gasteiger partial charge < -0.3 is 25.2 Å². The van der Waals surface area contributed by atoms with Crippen molar-refractivity contribution in [2.75, 3.05) is 44.2 Å². The van der Waals surface area contributed by atoms with Gasteiger partial charge >= 0.3 is 6.18 Å². The number of rotatable bonds is 6. The molecule has 6 nitrogen and oxygen atoms in total. The second-order valence-electron chi connectivity index (χ2n) is 9.19. The van der Waals surface area contributed by atoms with Crippen LogP contribution >= 0.6 is 0 Å². The van der Waals surface area contributed by atoms with Crippen LogP contribution in [0.25, 0.3) is 0 Å². The molecule has 0 spiro atoms. The van der Waals surface area contributed by atoms with Crippen LogP contribution in [0.2, 0.25) is 0 Å². The number of halogens is 3. The van der Waals surface area contributed by atoms with E-state index in [4.69, 9.17) is 4.74 Å². The summed E-state index contributed by atoms with van der Waals surface area (Å²) in [6.45, 7) is 2.74. The third-order valence-corrected chi connectivity index (χ3v) is 7.13. The van der Waals surface area contributed by atoms with Crippen LogP contribution in [-0.2, 0) is 10.9 Å². The first-order valence-electron chi connectivity index (χ1n) is 11.7. The fourth-order valence-corrected chi connectivity index (χ4v) is 5.34. The lowest BCUT2D eigenvalue weighted by Crippen LogP contribution is -2.57. The van der Waals surface area contributed by atoms with Gasteiger partial charge in [-0.2, -0.15) is 13.2 Å². The topological polar surface area (TPSA) is 68.2 Å². The molecule has 9 heteroatoms. The molecule has 4 rings (SSSR count). The Morgan fingerprint density at radius 2 is 1.75 bits per heavy atom. The van der Waals surface area contributed by atoms with Crippen LogP contribution in [0.15, 0.2) is 24.3 Å². The maximum absolute atomic E-state index is 13.1. The normalized spacial score (nSPS) is 30.7. The van der Waals surface area contributed by atoms with Gasteiger partial charge in [-0.05, 0) is 31.0 Å². The molecule has 32 heavy (non-hydrogen) atoms. The Labute approximate surface area is 187 Å². The van der Waals surface area contributed by atoms with E-state index in [9.17, 15) is 23.4 Å². The molecular formula is C23H34F3N3O3. The molecule has 3 aliphatic rings. The number of ether oxygens (including phenoxy) is 1. The smallest absolute Gasteiger partial charge is 0.394 e. The van der Waals surface area contributed by atoms with Crippen molar-refractivity contribution in [2.45, 2.75) is 68.7 Å². The Hall–Kier alpha value is -1.39. The van der Waals surface area contributed by atoms with E-state index in [1.807, 2.05) is 4.90 Å². The summed E-state index contributed by atoms with van der Waals surface area (Å²) in [6.07, 6.45) is 0.0429. The summed E-state index contributed by atoms with van der Waals surface area (Å²) in [5, 5.41) is 24.1. The Balaban J connectivity index is 1.38. The average Bonchev–Trinajstić information content (AvgIpc) is 3.13. The Kier molecular flexibility index (Phi) is 7.62. The summed E-state index contributed by atoms with van der Waals surface area (Å²) < 4.78 is 45.2. The molecule has 3 fully saturated rings. The van der Waals surface area contributed by atoms with Crippen molar-refractivity contribution in [3.05, 3.63) is 29.8 Å². The molecule has 3 N–H and O–H groups in total. The number of anilines is 1. The maximum Gasteiger partial charge on any atom is 0.416 e. The van der Waals surface area contributed by atoms with Gasteiger partial charge in [0.1, 0.15) is 12.2 Å². The summed E-state index contributed by atoms with van der Waals surface area (Å²) in [5.41, 5.74) is -0.0804. The van der Waals surface area contributed by atoms with Gasteiger partial charge in [0.2, 0.25) is 0 Å². The van der Waals surface area contributed by atoms with E-state index in [0.29, 0.717) is 44.5 Å². The van der Waals surface area contributed by atoms with E-state index < -0.39 is 23.9 Å². The summed E-state index contributed by atoms with van der Waals surface area (Å²) in [4.78, 5) is 4.12. The number of piperazine rings is 1. The zero-order chi connectivity index (χ0) is 22.7. The van der Waals surface area contributed by atoms with Crippen LogP contribution in [0.5, 0.6) is 0 Å². The highest BCUT2D eigenvalue weighted by Crippen LogP contribution is 2.33. The largest absolute Gasteiger partial charge is 0.416 e. The minimum atomic E-state index is -4.36. The second kappa shape index (κ2) is 10.3. The first-order chi connectivity index (χ1) is 15.4. The number of hydrogen-bond donors (Lipinski definition) is 3. The Morgan fingerprint density at radius 3 is 2.41 bits per heavy atom. The van der Waals surface area contributed by atoms with Crippen molar-refractivity contribution in [3.8, 4) is 0 Å². The molecule has 0 amide bonds. The first-order valence-corrected chi connectivity index (χ1v) is 11.7. The average molecular weight is 458 g/mol. The van der Waals surface area contributed by atoms with E-state index >= 15 is 0 Å². The zero-order valence-electron chi connectivity index (χ0n) is 18.3. The number of aliphatic hydroxyl groups excluding tert-OH is 2. The summed E-state index contributed by atoms with van der Waals surface area (Å²) in [5.74, 6) is 0. The zero-order valence-corrected chi connectivity index (χ0v) is 18.3. The Morgan fingerprint density at radius 1 is 1.03 bits per heavy atom. The fraction of sp³-hybridized carbons (Fsp3) is 0.739. The molecule has 0 aromatic heterocycles. The van der Waals surface area contributed by atoms with Crippen LogP contribution in [0.4, 0.5) is 18.9 Å². The van der Waals surface area contributed by atoms with Gasteiger partial charge in [-0.1, -0.05) is 25.3 Å². The molecule has 0 radical (unpaired) electrons. The lowest BCUT2D eigenvalue weighted by atomic mass is 9.95. The fourth-order valence-electron chi connectivity index (χ4n) is 5.34. The number of aliphatic hydroxyl groups is 2. The van der Waals surface area contributed by atoms with Gasteiger partial charge in [0.05, 0.1) is 24.3 Å². The van der Waals surface area contributed by atoms with Gasteiger partial charge in [-0.25, -0.2) is 0 Å². The lowest BCUT2D eigenvalue weighted by Gasteiger charge is -2.41. The number of nitrogens with zero attached hydrogens (tertiary/aromatic N) is 2. The van der Waals surface area contributed by atoms with Crippen molar-refractivity contribution >= 4 is 5.69 Å². The van der Waals surface area contributed by atoms with Gasteiger partial charge in [0, 0.05) is 44.5 Å². The molecule has 2 aliphatic heterocycles. The minimum Gasteiger partial charge on any atom is -0.394 e. The number of benzene rings is 1. The predicted molar refractivity (Wildman–Crippen MR) is 116 cm³/mol. The minimum absolute atomic E-state index is 0.232. The third kappa shape index (κ3) is 5.39. The van der Waals surface area contributed by atoms with E-state index in [2.05, 4.69) is 10.2 Å². The van der Waals surface area contributed by atoms with Crippen LogP contribution in [0.1, 0.15) is 37.7 Å².